The van der Waals surface area contributed by atoms with Crippen LogP contribution >= 0.6 is 12.4 Å². The van der Waals surface area contributed by atoms with Crippen molar-refractivity contribution in [3.8, 4) is 0 Å². The van der Waals surface area contributed by atoms with E-state index < -0.39 is 11.2 Å². The molecule has 1 saturated heterocycles. The number of aromatic nitrogens is 2. The first-order chi connectivity index (χ1) is 10.6. The van der Waals surface area contributed by atoms with Crippen molar-refractivity contribution in [2.75, 3.05) is 13.1 Å². The van der Waals surface area contributed by atoms with Gasteiger partial charge in [0.1, 0.15) is 6.54 Å². The lowest BCUT2D eigenvalue weighted by molar-refractivity contribution is -0.132. The van der Waals surface area contributed by atoms with Gasteiger partial charge in [0.15, 0.2) is 0 Å². The number of H-pyrrole nitrogens is 1. The van der Waals surface area contributed by atoms with Gasteiger partial charge in [0.25, 0.3) is 5.56 Å². The van der Waals surface area contributed by atoms with Crippen molar-refractivity contribution in [3.63, 3.8) is 0 Å². The van der Waals surface area contributed by atoms with Crippen LogP contribution in [0.5, 0.6) is 0 Å². The number of halogens is 1. The molecule has 23 heavy (non-hydrogen) atoms. The number of para-hydroxylation sites is 1. The summed E-state index contributed by atoms with van der Waals surface area (Å²) in [7, 11) is 0. The van der Waals surface area contributed by atoms with Crippen LogP contribution in [0.15, 0.2) is 33.9 Å². The highest BCUT2D eigenvalue weighted by Crippen LogP contribution is 2.09. The Balaban J connectivity index is 0.00000192. The largest absolute Gasteiger partial charge is 0.341 e. The highest BCUT2D eigenvalue weighted by atomic mass is 35.5. The molecule has 0 spiro atoms. The van der Waals surface area contributed by atoms with Crippen molar-refractivity contribution in [1.29, 1.82) is 0 Å². The average Bonchev–Trinajstić information content (AvgIpc) is 2.52. The van der Waals surface area contributed by atoms with Gasteiger partial charge in [-0.05, 0) is 25.0 Å². The first-order valence-electron chi connectivity index (χ1n) is 7.31. The van der Waals surface area contributed by atoms with Crippen molar-refractivity contribution >= 4 is 29.2 Å². The van der Waals surface area contributed by atoms with E-state index in [1.54, 1.807) is 29.2 Å². The first-order valence-corrected chi connectivity index (χ1v) is 7.31. The lowest BCUT2D eigenvalue weighted by Crippen LogP contribution is -2.47. The average molecular weight is 339 g/mol. The van der Waals surface area contributed by atoms with Gasteiger partial charge >= 0.3 is 5.69 Å². The van der Waals surface area contributed by atoms with E-state index in [0.717, 1.165) is 17.4 Å². The predicted octanol–water partition coefficient (Wildman–Crippen LogP) is 0.0613. The maximum atomic E-state index is 12.4. The second-order valence-electron chi connectivity index (χ2n) is 5.59. The zero-order valence-electron chi connectivity index (χ0n) is 12.5. The number of rotatable bonds is 2. The molecule has 0 bridgehead atoms. The van der Waals surface area contributed by atoms with Gasteiger partial charge in [-0.2, -0.15) is 0 Å². The molecule has 1 aliphatic heterocycles. The van der Waals surface area contributed by atoms with Crippen molar-refractivity contribution in [2.45, 2.75) is 25.4 Å². The Hall–Kier alpha value is -2.12. The van der Waals surface area contributed by atoms with E-state index in [1.807, 2.05) is 0 Å². The summed E-state index contributed by atoms with van der Waals surface area (Å²) in [6, 6.07) is 6.88. The van der Waals surface area contributed by atoms with Crippen molar-refractivity contribution in [3.05, 3.63) is 45.1 Å². The van der Waals surface area contributed by atoms with E-state index in [1.165, 1.54) is 0 Å². The quantitative estimate of drug-likeness (QED) is 0.808. The van der Waals surface area contributed by atoms with Crippen molar-refractivity contribution in [2.24, 2.45) is 5.73 Å². The number of benzene rings is 1. The first kappa shape index (κ1) is 17.2. The standard InChI is InChI=1S/C15H18N4O3.ClH/c16-10-5-7-18(8-6-10)13(20)9-19-14(21)11-3-1-2-4-12(11)17-15(19)22;/h1-4,10H,5-9,16H2,(H,17,22);1H. The number of aromatic amines is 1. The number of nitrogens with zero attached hydrogens (tertiary/aromatic N) is 2. The smallest absolute Gasteiger partial charge is 0.329 e. The molecule has 0 aliphatic carbocycles. The van der Waals surface area contributed by atoms with Crippen LogP contribution in [-0.2, 0) is 11.3 Å². The molecule has 1 amide bonds. The summed E-state index contributed by atoms with van der Waals surface area (Å²) in [6.45, 7) is 0.898. The fourth-order valence-electron chi connectivity index (χ4n) is 2.73. The molecular weight excluding hydrogens is 320 g/mol. The van der Waals surface area contributed by atoms with E-state index in [0.29, 0.717) is 24.0 Å². The lowest BCUT2D eigenvalue weighted by atomic mass is 10.1. The Bertz CT molecular complexity index is 821. The summed E-state index contributed by atoms with van der Waals surface area (Å²) < 4.78 is 0.958. The van der Waals surface area contributed by atoms with Crippen LogP contribution in [0, 0.1) is 0 Å². The van der Waals surface area contributed by atoms with Gasteiger partial charge in [0.2, 0.25) is 5.91 Å². The van der Waals surface area contributed by atoms with Gasteiger partial charge in [-0.3, -0.25) is 14.2 Å². The zero-order chi connectivity index (χ0) is 15.7. The zero-order valence-corrected chi connectivity index (χ0v) is 13.3. The van der Waals surface area contributed by atoms with E-state index in [2.05, 4.69) is 4.98 Å². The van der Waals surface area contributed by atoms with Crippen LogP contribution in [0.3, 0.4) is 0 Å². The second-order valence-corrected chi connectivity index (χ2v) is 5.59. The number of hydrogen-bond donors (Lipinski definition) is 2. The normalized spacial score (nSPS) is 15.4. The number of amides is 1. The van der Waals surface area contributed by atoms with Crippen molar-refractivity contribution in [1.82, 2.24) is 14.5 Å². The number of likely N-dealkylation sites (tertiary alicyclic amines) is 1. The number of carbonyl (C=O) groups excluding carboxylic acids is 1. The van der Waals surface area contributed by atoms with Crippen molar-refractivity contribution < 1.29 is 4.79 Å². The van der Waals surface area contributed by atoms with Crippen LogP contribution in [0.25, 0.3) is 10.9 Å². The third kappa shape index (κ3) is 3.46. The third-order valence-electron chi connectivity index (χ3n) is 4.08. The fraction of sp³-hybridized carbons (Fsp3) is 0.400. The minimum atomic E-state index is -0.564. The van der Waals surface area contributed by atoms with Crippen LogP contribution in [0.4, 0.5) is 0 Å². The van der Waals surface area contributed by atoms with E-state index in [-0.39, 0.29) is 30.9 Å². The number of nitrogens with two attached hydrogens (primary N) is 1. The Kier molecular flexibility index (Phi) is 5.23. The molecule has 3 rings (SSSR count). The molecule has 0 saturated carbocycles. The molecule has 0 radical (unpaired) electrons. The minimum Gasteiger partial charge on any atom is -0.341 e. The Morgan fingerprint density at radius 3 is 2.57 bits per heavy atom. The summed E-state index contributed by atoms with van der Waals surface area (Å²) in [6.07, 6.45) is 1.49. The number of piperidine rings is 1. The molecule has 1 aliphatic rings. The van der Waals surface area contributed by atoms with Crippen LogP contribution in [-0.4, -0.2) is 39.5 Å². The van der Waals surface area contributed by atoms with Gasteiger partial charge in [0, 0.05) is 19.1 Å². The highest BCUT2D eigenvalue weighted by Gasteiger charge is 2.21. The van der Waals surface area contributed by atoms with Gasteiger partial charge < -0.3 is 15.6 Å². The number of hydrogen-bond acceptors (Lipinski definition) is 4. The number of fused-ring (bicyclic) bond motifs is 1. The van der Waals surface area contributed by atoms with Gasteiger partial charge in [0.05, 0.1) is 10.9 Å². The van der Waals surface area contributed by atoms with E-state index in [9.17, 15) is 14.4 Å². The summed E-state index contributed by atoms with van der Waals surface area (Å²) >= 11 is 0. The van der Waals surface area contributed by atoms with Gasteiger partial charge in [-0.25, -0.2) is 4.79 Å². The summed E-state index contributed by atoms with van der Waals surface area (Å²) in [4.78, 5) is 41.0. The maximum Gasteiger partial charge on any atom is 0.329 e. The summed E-state index contributed by atoms with van der Waals surface area (Å²) in [5.41, 5.74) is 5.28. The molecule has 1 fully saturated rings. The molecule has 3 N–H and O–H groups in total. The molecule has 2 heterocycles. The number of nitrogens with one attached hydrogen (secondary N) is 1. The second kappa shape index (κ2) is 6.97. The Morgan fingerprint density at radius 2 is 1.87 bits per heavy atom. The van der Waals surface area contributed by atoms with E-state index >= 15 is 0 Å². The molecular formula is C15H19ClN4O3. The summed E-state index contributed by atoms with van der Waals surface area (Å²) in [5.74, 6) is -0.227. The Morgan fingerprint density at radius 1 is 1.22 bits per heavy atom. The monoisotopic (exact) mass is 338 g/mol. The molecule has 0 unspecified atom stereocenters. The van der Waals surface area contributed by atoms with Crippen LogP contribution < -0.4 is 17.0 Å². The minimum absolute atomic E-state index is 0. The maximum absolute atomic E-state index is 12.4. The number of carbonyl (C=O) groups is 1. The Labute approximate surface area is 138 Å². The van der Waals surface area contributed by atoms with Crippen LogP contribution in [0.1, 0.15) is 12.8 Å². The lowest BCUT2D eigenvalue weighted by Gasteiger charge is -2.30. The van der Waals surface area contributed by atoms with E-state index in [4.69, 9.17) is 5.73 Å². The van der Waals surface area contributed by atoms with Crippen LogP contribution in [0.2, 0.25) is 0 Å². The molecule has 7 nitrogen and oxygen atoms in total. The fourth-order valence-corrected chi connectivity index (χ4v) is 2.73. The molecule has 1 aromatic carbocycles. The molecule has 124 valence electrons. The molecule has 1 aromatic heterocycles. The summed E-state index contributed by atoms with van der Waals surface area (Å²) in [5, 5.41) is 0.399. The predicted molar refractivity (Wildman–Crippen MR) is 89.9 cm³/mol. The third-order valence-corrected chi connectivity index (χ3v) is 4.08. The topological polar surface area (TPSA) is 101 Å². The van der Waals surface area contributed by atoms with Gasteiger partial charge in [-0.15, -0.1) is 12.4 Å². The SMILES string of the molecule is Cl.NC1CCN(C(=O)Cn2c(=O)[nH]c3ccccc3c2=O)CC1. The highest BCUT2D eigenvalue weighted by molar-refractivity contribution is 5.85. The van der Waals surface area contributed by atoms with Gasteiger partial charge in [-0.1, -0.05) is 12.1 Å². The molecule has 2 aromatic rings. The molecule has 8 heteroatoms. The molecule has 0 atom stereocenters.